The molecule has 0 bridgehead atoms. The molecule has 1 radical (unpaired) electrons. The number of allylic oxidation sites excluding steroid dienone is 4. The topological polar surface area (TPSA) is 37.4 Å². The number of terminal acetylenes is 1. The van der Waals surface area contributed by atoms with Crippen molar-refractivity contribution < 1.29 is 11.0 Å². The Morgan fingerprint density at radius 3 is 2.53 bits per heavy atom. The van der Waals surface area contributed by atoms with Gasteiger partial charge < -0.3 is 4.90 Å². The molecule has 3 nitrogen and oxygen atoms in total. The zero-order chi connectivity index (χ0) is 25.3. The van der Waals surface area contributed by atoms with Gasteiger partial charge in [0.05, 0.1) is 0 Å². The Labute approximate surface area is 207 Å². The maximum absolute atomic E-state index is 13.0. The second-order valence-corrected chi connectivity index (χ2v) is 9.38. The summed E-state index contributed by atoms with van der Waals surface area (Å²) < 4.78 is 0. The van der Waals surface area contributed by atoms with Crippen LogP contribution in [-0.2, 0) is 4.79 Å². The molecule has 3 atom stereocenters. The van der Waals surface area contributed by atoms with Crippen molar-refractivity contribution in [2.45, 2.75) is 53.4 Å². The predicted octanol–water partition coefficient (Wildman–Crippen LogP) is 6.93. The summed E-state index contributed by atoms with van der Waals surface area (Å²) in [6.07, 6.45) is 14.4. The van der Waals surface area contributed by atoms with Gasteiger partial charge in [0.25, 0.3) is 0 Å². The smallest absolute Gasteiger partial charge is 0.165 e. The number of hydrogen-bond acceptors (Lipinski definition) is 3. The Morgan fingerprint density at radius 2 is 1.91 bits per heavy atom. The fourth-order valence-corrected chi connectivity index (χ4v) is 4.28. The van der Waals surface area contributed by atoms with Gasteiger partial charge in [-0.05, 0) is 74.1 Å². The lowest BCUT2D eigenvalue weighted by atomic mass is 9.86. The summed E-state index contributed by atoms with van der Waals surface area (Å²) in [6.45, 7) is 12.5. The monoisotopic (exact) mass is 458 g/mol. The maximum atomic E-state index is 13.0. The number of nitrogens with zero attached hydrogens (tertiary/aromatic N) is 1. The van der Waals surface area contributed by atoms with E-state index in [1.807, 2.05) is 44.2 Å². The molecule has 0 fully saturated rings. The molecule has 181 valence electrons. The van der Waals surface area contributed by atoms with E-state index in [-0.39, 0.29) is 25.0 Å². The summed E-state index contributed by atoms with van der Waals surface area (Å²) >= 11 is 0. The average molecular weight is 459 g/mol. The van der Waals surface area contributed by atoms with Crippen molar-refractivity contribution >= 4 is 22.8 Å². The van der Waals surface area contributed by atoms with Crippen molar-refractivity contribution in [2.24, 2.45) is 11.8 Å². The highest BCUT2D eigenvalue weighted by atomic mass is 16.1. The third-order valence-electron chi connectivity index (χ3n) is 6.84. The first-order valence-corrected chi connectivity index (χ1v) is 12.3. The number of fused-ring (bicyclic) bond motifs is 1. The molecule has 0 saturated carbocycles. The quantitative estimate of drug-likeness (QED) is 0.150. The van der Waals surface area contributed by atoms with Crippen LogP contribution in [0.1, 0.15) is 76.3 Å². The zero-order valence-electron chi connectivity index (χ0n) is 22.6. The van der Waals surface area contributed by atoms with Crippen molar-refractivity contribution in [1.29, 1.82) is 0 Å². The first-order valence-electron chi connectivity index (χ1n) is 12.3. The lowest BCUT2D eigenvalue weighted by Gasteiger charge is -2.19. The maximum Gasteiger partial charge on any atom is 0.165 e. The second kappa shape index (κ2) is 13.1. The lowest BCUT2D eigenvalue weighted by Crippen LogP contribution is -2.24. The van der Waals surface area contributed by atoms with E-state index in [1.165, 1.54) is 5.56 Å². The molecule has 0 aliphatic heterocycles. The van der Waals surface area contributed by atoms with Gasteiger partial charge in [-0.3, -0.25) is 9.59 Å². The van der Waals surface area contributed by atoms with Crippen LogP contribution in [0.25, 0.3) is 10.8 Å². The van der Waals surface area contributed by atoms with Gasteiger partial charge in [0, 0.05) is 24.0 Å². The van der Waals surface area contributed by atoms with E-state index < -0.39 is 0 Å². The molecule has 0 N–H and O–H groups in total. The molecular formula is C31H40NO2. The van der Waals surface area contributed by atoms with Crippen LogP contribution in [0, 0.1) is 24.2 Å². The highest BCUT2D eigenvalue weighted by Gasteiger charge is 2.18. The molecule has 0 aromatic heterocycles. The molecule has 3 heteroatoms. The minimum atomic E-state index is 0. The molecule has 2 aromatic carbocycles. The van der Waals surface area contributed by atoms with Crippen molar-refractivity contribution in [1.82, 2.24) is 4.90 Å². The van der Waals surface area contributed by atoms with Crippen LogP contribution in [-0.4, -0.2) is 37.1 Å². The zero-order valence-corrected chi connectivity index (χ0v) is 21.6. The van der Waals surface area contributed by atoms with Crippen LogP contribution < -0.4 is 0 Å². The molecule has 0 spiro atoms. The molecule has 0 aliphatic carbocycles. The van der Waals surface area contributed by atoms with Gasteiger partial charge in [0.1, 0.15) is 0 Å². The van der Waals surface area contributed by atoms with E-state index in [9.17, 15) is 9.59 Å². The Hall–Kier alpha value is -2.96. The van der Waals surface area contributed by atoms with E-state index in [1.54, 1.807) is 0 Å². The number of ketones is 1. The summed E-state index contributed by atoms with van der Waals surface area (Å²) in [6, 6.07) is 9.99. The van der Waals surface area contributed by atoms with E-state index in [0.717, 1.165) is 48.6 Å². The number of carbonyl (C=O) groups excluding carboxylic acids is 2. The van der Waals surface area contributed by atoms with Crippen molar-refractivity contribution in [3.63, 3.8) is 0 Å². The number of benzene rings is 2. The second-order valence-electron chi connectivity index (χ2n) is 9.38. The Balaban J connectivity index is 0.00000612. The fourth-order valence-electron chi connectivity index (χ4n) is 4.28. The van der Waals surface area contributed by atoms with Gasteiger partial charge >= 0.3 is 0 Å². The number of carbonyl (C=O) groups is 2. The van der Waals surface area contributed by atoms with Gasteiger partial charge in [-0.2, -0.15) is 0 Å². The molecule has 0 aliphatic rings. The first-order chi connectivity index (χ1) is 16.3. The molecule has 0 amide bonds. The number of aldehydes is 1. The van der Waals surface area contributed by atoms with Crippen molar-refractivity contribution in [2.75, 3.05) is 20.1 Å². The summed E-state index contributed by atoms with van der Waals surface area (Å²) in [7, 11) is 2.11. The highest BCUT2D eigenvalue weighted by molar-refractivity contribution is 6.01. The van der Waals surface area contributed by atoms with Crippen molar-refractivity contribution in [3.05, 3.63) is 70.8 Å². The molecule has 2 aromatic rings. The molecule has 34 heavy (non-hydrogen) atoms. The third-order valence-corrected chi connectivity index (χ3v) is 6.84. The summed E-state index contributed by atoms with van der Waals surface area (Å²) in [5.74, 6) is 3.29. The number of rotatable bonds is 12. The van der Waals surface area contributed by atoms with E-state index in [2.05, 4.69) is 56.8 Å². The van der Waals surface area contributed by atoms with Crippen LogP contribution in [0.4, 0.5) is 0 Å². The highest BCUT2D eigenvalue weighted by Crippen LogP contribution is 2.30. The third kappa shape index (κ3) is 6.78. The van der Waals surface area contributed by atoms with Crippen LogP contribution in [0.15, 0.2) is 54.1 Å². The van der Waals surface area contributed by atoms with Crippen LogP contribution in [0.2, 0.25) is 0 Å². The lowest BCUT2D eigenvalue weighted by molar-refractivity contribution is -0.118. The molecule has 0 saturated heterocycles. The van der Waals surface area contributed by atoms with Gasteiger partial charge in [-0.25, -0.2) is 0 Å². The SMILES string of the molecule is C#Cc1ccc2cc(C(C)C(C)C=C/C(=C\C)C(=O)C(C)CCN(C)CCC)ccc2c1C=O.[H]. The minimum absolute atomic E-state index is 0. The van der Waals surface area contributed by atoms with Crippen LogP contribution in [0.5, 0.6) is 0 Å². The Kier molecular flexibility index (Phi) is 10.5. The van der Waals surface area contributed by atoms with Gasteiger partial charge in [0.15, 0.2) is 12.1 Å². The molecule has 0 heterocycles. The Morgan fingerprint density at radius 1 is 1.18 bits per heavy atom. The van der Waals surface area contributed by atoms with Crippen molar-refractivity contribution in [3.8, 4) is 12.3 Å². The normalized spacial score (nSPS) is 14.8. The summed E-state index contributed by atoms with van der Waals surface area (Å²) in [5, 5.41) is 1.89. The fraction of sp³-hybridized carbons (Fsp3) is 0.419. The Bertz CT molecular complexity index is 1110. The van der Waals surface area contributed by atoms with E-state index in [4.69, 9.17) is 6.42 Å². The van der Waals surface area contributed by atoms with Crippen LogP contribution >= 0.6 is 0 Å². The molecule has 2 rings (SSSR count). The van der Waals surface area contributed by atoms with Gasteiger partial charge in [-0.1, -0.05) is 76.1 Å². The molecular weight excluding hydrogens is 418 g/mol. The van der Waals surface area contributed by atoms with Gasteiger partial charge in [-0.15, -0.1) is 6.42 Å². The summed E-state index contributed by atoms with van der Waals surface area (Å²) in [5.41, 5.74) is 3.16. The number of Topliss-reactive ketones (excluding diaryl/α,β-unsaturated/α-hetero) is 1. The first kappa shape index (κ1) is 27.3. The molecule has 3 unspecified atom stereocenters. The van der Waals surface area contributed by atoms with E-state index in [0.29, 0.717) is 11.1 Å². The van der Waals surface area contributed by atoms with Gasteiger partial charge in [0.2, 0.25) is 0 Å². The van der Waals surface area contributed by atoms with E-state index >= 15 is 0 Å². The average Bonchev–Trinajstić information content (AvgIpc) is 2.85. The van der Waals surface area contributed by atoms with Crippen LogP contribution in [0.3, 0.4) is 0 Å². The number of hydrogen-bond donors (Lipinski definition) is 0. The summed E-state index contributed by atoms with van der Waals surface area (Å²) in [4.78, 5) is 26.8. The standard InChI is InChI=1S/C31H39NO2.H/c1-8-18-32(7)19-17-23(5)31(34)26(10-3)12-11-22(4)24(6)27-15-16-29-28(20-27)14-13-25(9-2)30(29)21-33;/h2,10-16,20-24H,8,17-19H2,1,3-7H3;/b12-11?,26-10+;. The predicted molar refractivity (Wildman–Crippen MR) is 145 cm³/mol. The largest absolute Gasteiger partial charge is 0.306 e. The minimum Gasteiger partial charge on any atom is -0.306 e.